The topological polar surface area (TPSA) is 210 Å². The molecule has 0 bridgehead atoms. The molecular weight excluding hydrogens is 833 g/mol. The van der Waals surface area contributed by atoms with E-state index in [-0.39, 0.29) is 54.9 Å². The van der Waals surface area contributed by atoms with Gasteiger partial charge in [-0.3, -0.25) is 24.0 Å². The van der Waals surface area contributed by atoms with Gasteiger partial charge in [-0.2, -0.15) is 0 Å². The molecule has 1 saturated heterocycles. The number of nitrogens with zero attached hydrogens (tertiary/aromatic N) is 3. The highest BCUT2D eigenvalue weighted by Gasteiger charge is 2.44. The third kappa shape index (κ3) is 15.7. The van der Waals surface area contributed by atoms with E-state index in [9.17, 15) is 33.9 Å². The fraction of sp³-hybridized carbons (Fsp3) is 0.755. The van der Waals surface area contributed by atoms with Crippen LogP contribution in [0.2, 0.25) is 0 Å². The number of methoxy groups -OCH3 is 2. The van der Waals surface area contributed by atoms with Crippen molar-refractivity contribution in [2.45, 2.75) is 163 Å². The summed E-state index contributed by atoms with van der Waals surface area (Å²) >= 11 is 0. The van der Waals surface area contributed by atoms with Crippen LogP contribution in [0.1, 0.15) is 114 Å². The molecule has 1 aromatic rings. The van der Waals surface area contributed by atoms with E-state index < -0.39 is 77.1 Å². The molecule has 2 rings (SSSR count). The largest absolute Gasteiger partial charge is 0.480 e. The van der Waals surface area contributed by atoms with Gasteiger partial charge in [0.25, 0.3) is 0 Å². The van der Waals surface area contributed by atoms with E-state index in [0.29, 0.717) is 38.8 Å². The highest BCUT2D eigenvalue weighted by Crippen LogP contribution is 2.31. The number of hydrogen-bond donors (Lipinski definition) is 4. The zero-order valence-corrected chi connectivity index (χ0v) is 42.1. The number of likely N-dealkylation sites (N-methyl/N-ethyl adjacent to an activating group) is 2. The van der Waals surface area contributed by atoms with Gasteiger partial charge in [-0.15, -0.1) is 0 Å². The first-order chi connectivity index (χ1) is 30.3. The number of nitrogens with one attached hydrogen (secondary N) is 2. The van der Waals surface area contributed by atoms with Gasteiger partial charge in [0.2, 0.25) is 29.5 Å². The second-order valence-corrected chi connectivity index (χ2v) is 20.0. The molecule has 1 heterocycles. The molecule has 1 aliphatic heterocycles. The molecule has 65 heavy (non-hydrogen) atoms. The van der Waals surface area contributed by atoms with E-state index >= 15 is 0 Å². The summed E-state index contributed by atoms with van der Waals surface area (Å²) in [6, 6.07) is 5.01. The van der Waals surface area contributed by atoms with Crippen LogP contribution in [0.3, 0.4) is 0 Å². The number of hydrogen-bond acceptors (Lipinski definition) is 10. The highest BCUT2D eigenvalue weighted by atomic mass is 16.5. The zero-order chi connectivity index (χ0) is 49.6. The zero-order valence-electron chi connectivity index (χ0n) is 42.1. The maximum atomic E-state index is 14.6. The molecule has 16 heteroatoms. The predicted molar refractivity (Wildman–Crippen MR) is 251 cm³/mol. The number of carboxylic acids is 1. The molecule has 1 unspecified atom stereocenters. The van der Waals surface area contributed by atoms with E-state index in [2.05, 4.69) is 10.6 Å². The minimum absolute atomic E-state index is 0.0707. The standard InChI is InChI=1S/C49H84N6O10/c1-16-32(6)41(53(12)45(59)39(30(2)3)52-44(58)40(31(4)5)54(13)47(62)48(8,9)29-65-49(10,11)24-25-50)37(63-14)28-38(56)55-26-20-23-36(55)42(64-15)33(7)43(57)51-35(46(60)61)27-34-21-18-17-19-22-34/h17-19,21-22,30-33,35-37,39-42H,16,20,23-29,50H2,1-15H3,(H,51,57)(H,52,58)(H,60,61)/t32-,33+,35-,36-,37+,39-,40?,41-,42+/m0/s1. The van der Waals surface area contributed by atoms with Crippen molar-refractivity contribution < 1.29 is 48.1 Å². The number of benzene rings is 1. The second-order valence-electron chi connectivity index (χ2n) is 20.0. The number of carbonyl (C=O) groups excluding carboxylic acids is 5. The first-order valence-corrected chi connectivity index (χ1v) is 23.4. The number of rotatable bonds is 27. The Morgan fingerprint density at radius 3 is 2.02 bits per heavy atom. The van der Waals surface area contributed by atoms with Crippen LogP contribution in [0.25, 0.3) is 0 Å². The first kappa shape index (κ1) is 57.0. The predicted octanol–water partition coefficient (Wildman–Crippen LogP) is 4.51. The van der Waals surface area contributed by atoms with Gasteiger partial charge in [-0.05, 0) is 76.8 Å². The maximum Gasteiger partial charge on any atom is 0.326 e. The molecule has 0 spiro atoms. The molecule has 0 radical (unpaired) electrons. The van der Waals surface area contributed by atoms with Crippen LogP contribution < -0.4 is 16.4 Å². The molecular formula is C49H84N6O10. The van der Waals surface area contributed by atoms with Crippen LogP contribution in [0.4, 0.5) is 0 Å². The third-order valence-corrected chi connectivity index (χ3v) is 13.2. The van der Waals surface area contributed by atoms with Gasteiger partial charge in [0, 0.05) is 41.3 Å². The van der Waals surface area contributed by atoms with Crippen LogP contribution in [-0.2, 0) is 49.4 Å². The van der Waals surface area contributed by atoms with Crippen molar-refractivity contribution in [3.8, 4) is 0 Å². The number of carboxylic acid groups (broad SMARTS) is 1. The lowest BCUT2D eigenvalue weighted by molar-refractivity contribution is -0.154. The number of aliphatic carboxylic acids is 1. The summed E-state index contributed by atoms with van der Waals surface area (Å²) in [7, 11) is 6.27. The van der Waals surface area contributed by atoms with Gasteiger partial charge in [0.15, 0.2) is 0 Å². The maximum absolute atomic E-state index is 14.6. The summed E-state index contributed by atoms with van der Waals surface area (Å²) in [6.07, 6.45) is 1.10. The molecule has 1 aliphatic rings. The number of carbonyl (C=O) groups is 6. The summed E-state index contributed by atoms with van der Waals surface area (Å²) in [5, 5.41) is 15.6. The summed E-state index contributed by atoms with van der Waals surface area (Å²) in [5.74, 6) is -4.51. The van der Waals surface area contributed by atoms with Crippen LogP contribution in [-0.4, -0.2) is 151 Å². The molecule has 16 nitrogen and oxygen atoms in total. The third-order valence-electron chi connectivity index (χ3n) is 13.2. The number of ether oxygens (including phenoxy) is 3. The summed E-state index contributed by atoms with van der Waals surface area (Å²) in [6.45, 7) is 21.5. The van der Waals surface area contributed by atoms with Gasteiger partial charge in [-0.1, -0.05) is 85.2 Å². The number of likely N-dealkylation sites (tertiary alicyclic amines) is 1. The molecule has 1 aromatic carbocycles. The summed E-state index contributed by atoms with van der Waals surface area (Å²) in [5.41, 5.74) is 5.04. The summed E-state index contributed by atoms with van der Waals surface area (Å²) in [4.78, 5) is 87.7. The van der Waals surface area contributed by atoms with Gasteiger partial charge in [-0.25, -0.2) is 4.79 Å². The van der Waals surface area contributed by atoms with Crippen molar-refractivity contribution in [3.63, 3.8) is 0 Å². The van der Waals surface area contributed by atoms with Crippen molar-refractivity contribution in [1.29, 1.82) is 0 Å². The molecule has 370 valence electrons. The Bertz CT molecular complexity index is 1710. The highest BCUT2D eigenvalue weighted by molar-refractivity contribution is 5.93. The number of nitrogens with two attached hydrogens (primary N) is 1. The molecule has 5 amide bonds. The molecule has 5 N–H and O–H groups in total. The van der Waals surface area contributed by atoms with E-state index in [4.69, 9.17) is 19.9 Å². The lowest BCUT2D eigenvalue weighted by Crippen LogP contribution is -2.61. The normalized spacial score (nSPS) is 18.2. The Hall–Kier alpha value is -4.12. The van der Waals surface area contributed by atoms with Crippen LogP contribution in [0, 0.1) is 29.1 Å². The molecule has 9 atom stereocenters. The lowest BCUT2D eigenvalue weighted by atomic mass is 9.89. The monoisotopic (exact) mass is 917 g/mol. The number of amides is 5. The van der Waals surface area contributed by atoms with Gasteiger partial charge >= 0.3 is 5.97 Å². The van der Waals surface area contributed by atoms with Crippen molar-refractivity contribution in [2.75, 3.05) is 48.0 Å². The van der Waals surface area contributed by atoms with E-state index in [1.54, 1.807) is 56.8 Å². The fourth-order valence-electron chi connectivity index (χ4n) is 9.02. The van der Waals surface area contributed by atoms with Gasteiger partial charge < -0.3 is 50.4 Å². The van der Waals surface area contributed by atoms with Gasteiger partial charge in [0.1, 0.15) is 18.1 Å². The second kappa shape index (κ2) is 25.7. The summed E-state index contributed by atoms with van der Waals surface area (Å²) < 4.78 is 18.1. The van der Waals surface area contributed by atoms with Crippen LogP contribution in [0.5, 0.6) is 0 Å². The Morgan fingerprint density at radius 2 is 1.51 bits per heavy atom. The first-order valence-electron chi connectivity index (χ1n) is 23.4. The smallest absolute Gasteiger partial charge is 0.326 e. The van der Waals surface area contributed by atoms with E-state index in [1.165, 1.54) is 19.1 Å². The van der Waals surface area contributed by atoms with Crippen molar-refractivity contribution in [1.82, 2.24) is 25.3 Å². The Morgan fingerprint density at radius 1 is 0.892 bits per heavy atom. The fourth-order valence-corrected chi connectivity index (χ4v) is 9.02. The lowest BCUT2D eigenvalue weighted by Gasteiger charge is -2.41. The van der Waals surface area contributed by atoms with Crippen LogP contribution in [0.15, 0.2) is 30.3 Å². The van der Waals surface area contributed by atoms with Gasteiger partial charge in [0.05, 0.1) is 54.3 Å². The minimum Gasteiger partial charge on any atom is -0.480 e. The quantitative estimate of drug-likeness (QED) is 0.0965. The Balaban J connectivity index is 2.31. The van der Waals surface area contributed by atoms with E-state index in [0.717, 1.165) is 5.56 Å². The van der Waals surface area contributed by atoms with E-state index in [1.807, 2.05) is 73.6 Å². The van der Waals surface area contributed by atoms with Crippen molar-refractivity contribution in [2.24, 2.45) is 34.8 Å². The van der Waals surface area contributed by atoms with Crippen LogP contribution >= 0.6 is 0 Å². The molecule has 0 aliphatic carbocycles. The molecule has 0 aromatic heterocycles. The molecule has 0 saturated carbocycles. The molecule has 1 fully saturated rings. The average Bonchev–Trinajstić information content (AvgIpc) is 3.73. The van der Waals surface area contributed by atoms with Crippen molar-refractivity contribution >= 4 is 35.5 Å². The minimum atomic E-state index is -1.16. The Kier molecular flexibility index (Phi) is 22.5. The average molecular weight is 917 g/mol. The van der Waals surface area contributed by atoms with Crippen molar-refractivity contribution in [3.05, 3.63) is 35.9 Å². The Labute approximate surface area is 389 Å². The SMILES string of the molecule is CC[C@H](C)[C@@H]([C@@H](CC(=O)N1CCC[C@H]1[C@H](OC)[C@@H](C)C(=O)N[C@@H](Cc1ccccc1)C(=O)O)OC)N(C)C(=O)[C@@H](NC(=O)C(C(C)C)N(C)C(=O)C(C)(C)COC(C)(C)CCN)C(C)C.